The van der Waals surface area contributed by atoms with Crippen LogP contribution < -0.4 is 5.11 Å². The molecular weight excluding hydrogens is 278 g/mol. The molecule has 1 amide bonds. The summed E-state index contributed by atoms with van der Waals surface area (Å²) >= 11 is 1.47. The lowest BCUT2D eigenvalue weighted by Gasteiger charge is -2.35. The van der Waals surface area contributed by atoms with Crippen LogP contribution in [0, 0.1) is 5.92 Å². The molecule has 0 aromatic heterocycles. The predicted molar refractivity (Wildman–Crippen MR) is 77.4 cm³/mol. The average molecular weight is 302 g/mol. The Morgan fingerprint density at radius 2 is 2.00 bits per heavy atom. The van der Waals surface area contributed by atoms with E-state index in [0.717, 1.165) is 12.8 Å². The van der Waals surface area contributed by atoms with Gasteiger partial charge < -0.3 is 19.5 Å². The molecule has 1 rings (SSSR count). The van der Waals surface area contributed by atoms with E-state index in [2.05, 4.69) is 0 Å². The van der Waals surface area contributed by atoms with Gasteiger partial charge in [0.25, 0.3) is 0 Å². The summed E-state index contributed by atoms with van der Waals surface area (Å²) in [6.07, 6.45) is 3.20. The van der Waals surface area contributed by atoms with E-state index >= 15 is 0 Å². The number of carboxylic acid groups (broad SMARTS) is 1. The molecule has 0 unspecified atom stereocenters. The van der Waals surface area contributed by atoms with Gasteiger partial charge in [-0.15, -0.1) is 0 Å². The largest absolute Gasteiger partial charge is 0.550 e. The second-order valence-corrected chi connectivity index (χ2v) is 7.21. The lowest BCUT2D eigenvalue weighted by Crippen LogP contribution is -2.49. The number of carbonyl (C=O) groups is 2. The Kier molecular flexibility index (Phi) is 5.74. The summed E-state index contributed by atoms with van der Waals surface area (Å²) < 4.78 is 5.40. The monoisotopic (exact) mass is 302 g/mol. The summed E-state index contributed by atoms with van der Waals surface area (Å²) in [5.74, 6) is -1.67. The number of rotatable bonds is 4. The van der Waals surface area contributed by atoms with Crippen molar-refractivity contribution < 1.29 is 19.4 Å². The third-order valence-corrected chi connectivity index (χ3v) is 4.71. The molecule has 0 N–H and O–H groups in total. The number of carbonyl (C=O) groups excluding carboxylic acids is 2. The summed E-state index contributed by atoms with van der Waals surface area (Å²) in [7, 11) is 0. The SMILES string of the molecule is CS[C@H]([C@@H](C)C(=O)[O-])[C@@H]1CCCN1C(=O)OC(C)(C)C. The highest BCUT2D eigenvalue weighted by molar-refractivity contribution is 7.99. The molecule has 0 bridgehead atoms. The van der Waals surface area contributed by atoms with E-state index in [4.69, 9.17) is 4.74 Å². The van der Waals surface area contributed by atoms with Gasteiger partial charge in [-0.05, 0) is 39.9 Å². The molecule has 1 aliphatic rings. The van der Waals surface area contributed by atoms with Crippen molar-refractivity contribution in [2.45, 2.75) is 57.4 Å². The summed E-state index contributed by atoms with van der Waals surface area (Å²) in [6.45, 7) is 7.74. The van der Waals surface area contributed by atoms with Gasteiger partial charge in [0.05, 0.1) is 0 Å². The third kappa shape index (κ3) is 4.30. The molecule has 0 aliphatic carbocycles. The number of thioether (sulfide) groups is 1. The predicted octanol–water partition coefficient (Wildman–Crippen LogP) is 1.50. The Morgan fingerprint density at radius 1 is 1.40 bits per heavy atom. The topological polar surface area (TPSA) is 69.7 Å². The van der Waals surface area contributed by atoms with Crippen molar-refractivity contribution >= 4 is 23.8 Å². The molecule has 1 saturated heterocycles. The van der Waals surface area contributed by atoms with E-state index < -0.39 is 17.5 Å². The minimum Gasteiger partial charge on any atom is -0.550 e. The molecule has 20 heavy (non-hydrogen) atoms. The van der Waals surface area contributed by atoms with Crippen LogP contribution in [0.15, 0.2) is 0 Å². The zero-order valence-electron chi connectivity index (χ0n) is 12.8. The highest BCUT2D eigenvalue weighted by Gasteiger charge is 2.39. The third-order valence-electron chi connectivity index (χ3n) is 3.44. The van der Waals surface area contributed by atoms with Crippen LogP contribution >= 0.6 is 11.8 Å². The highest BCUT2D eigenvalue weighted by Crippen LogP contribution is 2.32. The van der Waals surface area contributed by atoms with Crippen LogP contribution in [0.3, 0.4) is 0 Å². The molecular formula is C14H24NO4S-. The van der Waals surface area contributed by atoms with Crippen LogP contribution in [-0.4, -0.2) is 46.7 Å². The first-order valence-electron chi connectivity index (χ1n) is 6.90. The second kappa shape index (κ2) is 6.70. The number of ether oxygens (including phenoxy) is 1. The fourth-order valence-electron chi connectivity index (χ4n) is 2.51. The lowest BCUT2D eigenvalue weighted by atomic mass is 9.99. The number of nitrogens with zero attached hydrogens (tertiary/aromatic N) is 1. The van der Waals surface area contributed by atoms with Gasteiger partial charge in [-0.1, -0.05) is 6.92 Å². The van der Waals surface area contributed by atoms with Gasteiger partial charge >= 0.3 is 6.09 Å². The van der Waals surface area contributed by atoms with Gasteiger partial charge in [-0.3, -0.25) is 0 Å². The molecule has 0 saturated carbocycles. The van der Waals surface area contributed by atoms with Crippen LogP contribution in [0.25, 0.3) is 0 Å². The smallest absolute Gasteiger partial charge is 0.410 e. The zero-order valence-corrected chi connectivity index (χ0v) is 13.7. The average Bonchev–Trinajstić information content (AvgIpc) is 2.76. The molecule has 6 heteroatoms. The fourth-order valence-corrected chi connectivity index (χ4v) is 3.63. The molecule has 0 aromatic carbocycles. The van der Waals surface area contributed by atoms with Crippen molar-refractivity contribution in [3.63, 3.8) is 0 Å². The van der Waals surface area contributed by atoms with Crippen LogP contribution in [0.5, 0.6) is 0 Å². The maximum Gasteiger partial charge on any atom is 0.410 e. The second-order valence-electron chi connectivity index (χ2n) is 6.19. The Hall–Kier alpha value is -0.910. The summed E-state index contributed by atoms with van der Waals surface area (Å²) in [5, 5.41) is 10.9. The van der Waals surface area contributed by atoms with E-state index in [-0.39, 0.29) is 17.4 Å². The minimum atomic E-state index is -1.07. The van der Waals surface area contributed by atoms with Crippen molar-refractivity contribution in [1.82, 2.24) is 4.90 Å². The van der Waals surface area contributed by atoms with E-state index in [0.29, 0.717) is 6.54 Å². The van der Waals surface area contributed by atoms with Crippen molar-refractivity contribution in [3.8, 4) is 0 Å². The van der Waals surface area contributed by atoms with Crippen LogP contribution in [0.2, 0.25) is 0 Å². The van der Waals surface area contributed by atoms with E-state index in [9.17, 15) is 14.7 Å². The Bertz CT molecular complexity index is 367. The minimum absolute atomic E-state index is 0.104. The lowest BCUT2D eigenvalue weighted by molar-refractivity contribution is -0.311. The molecule has 116 valence electrons. The fraction of sp³-hybridized carbons (Fsp3) is 0.857. The van der Waals surface area contributed by atoms with Gasteiger partial charge in [0.1, 0.15) is 5.60 Å². The Balaban J connectivity index is 2.82. The summed E-state index contributed by atoms with van der Waals surface area (Å²) in [6, 6.07) is -0.104. The van der Waals surface area contributed by atoms with Crippen LogP contribution in [-0.2, 0) is 9.53 Å². The number of amides is 1. The van der Waals surface area contributed by atoms with Crippen LogP contribution in [0.1, 0.15) is 40.5 Å². The van der Waals surface area contributed by atoms with E-state index in [1.165, 1.54) is 11.8 Å². The quantitative estimate of drug-likeness (QED) is 0.787. The molecule has 3 atom stereocenters. The van der Waals surface area contributed by atoms with E-state index in [1.807, 2.05) is 27.0 Å². The summed E-state index contributed by atoms with van der Waals surface area (Å²) in [5.41, 5.74) is -0.543. The number of hydrogen-bond acceptors (Lipinski definition) is 5. The molecule has 0 spiro atoms. The first-order valence-corrected chi connectivity index (χ1v) is 8.19. The number of carboxylic acids is 1. The molecule has 1 aliphatic heterocycles. The maximum atomic E-state index is 12.2. The van der Waals surface area contributed by atoms with Crippen molar-refractivity contribution in [2.75, 3.05) is 12.8 Å². The standard InChI is InChI=1S/C14H25NO4S/c1-9(12(16)17)11(20-5)10-7-6-8-15(10)13(18)19-14(2,3)4/h9-11H,6-8H2,1-5H3,(H,16,17)/p-1/t9-,10+,11-/m1/s1. The number of aliphatic carboxylic acids is 1. The molecule has 5 nitrogen and oxygen atoms in total. The highest BCUT2D eigenvalue weighted by atomic mass is 32.2. The van der Waals surface area contributed by atoms with Gasteiger partial charge in [0, 0.05) is 29.7 Å². The number of hydrogen-bond donors (Lipinski definition) is 0. The van der Waals surface area contributed by atoms with Gasteiger partial charge in [0.15, 0.2) is 0 Å². The first kappa shape index (κ1) is 17.1. The number of likely N-dealkylation sites (tertiary alicyclic amines) is 1. The summed E-state index contributed by atoms with van der Waals surface area (Å²) in [4.78, 5) is 25.0. The Morgan fingerprint density at radius 3 is 2.45 bits per heavy atom. The van der Waals surface area contributed by atoms with Gasteiger partial charge in [0.2, 0.25) is 0 Å². The molecule has 0 radical (unpaired) electrons. The van der Waals surface area contributed by atoms with Crippen molar-refractivity contribution in [3.05, 3.63) is 0 Å². The normalized spacial score (nSPS) is 22.4. The van der Waals surface area contributed by atoms with Crippen LogP contribution in [0.4, 0.5) is 4.79 Å². The zero-order chi connectivity index (χ0) is 15.5. The van der Waals surface area contributed by atoms with E-state index in [1.54, 1.807) is 11.8 Å². The molecule has 1 fully saturated rings. The maximum absolute atomic E-state index is 12.2. The molecule has 0 aromatic rings. The van der Waals surface area contributed by atoms with Crippen molar-refractivity contribution in [2.24, 2.45) is 5.92 Å². The van der Waals surface area contributed by atoms with Gasteiger partial charge in [-0.2, -0.15) is 11.8 Å². The molecule has 1 heterocycles. The Labute approximate surface area is 125 Å². The first-order chi connectivity index (χ1) is 9.17. The van der Waals surface area contributed by atoms with Gasteiger partial charge in [-0.25, -0.2) is 4.79 Å². The van der Waals surface area contributed by atoms with Crippen molar-refractivity contribution in [1.29, 1.82) is 0 Å².